The quantitative estimate of drug-likeness (QED) is 0.671. The molecular weight excluding hydrogens is 244 g/mol. The maximum Gasteiger partial charge on any atom is 0.292 e. The standard InChI is InChI=1S/C14H16N2O3/c1-9-4-5-19-14(9)8-15-12-6-10(2)11(3)7-13(12)16(17)18/h4-7,15H,8H2,1-3H3. The molecule has 0 aliphatic rings. The first-order chi connectivity index (χ1) is 8.99. The van der Waals surface area contributed by atoms with Crippen molar-refractivity contribution in [1.29, 1.82) is 0 Å². The van der Waals surface area contributed by atoms with Crippen LogP contribution in [0.2, 0.25) is 0 Å². The summed E-state index contributed by atoms with van der Waals surface area (Å²) in [7, 11) is 0. The Labute approximate surface area is 111 Å². The second-order valence-corrected chi connectivity index (χ2v) is 4.59. The Morgan fingerprint density at radius 2 is 1.89 bits per heavy atom. The highest BCUT2D eigenvalue weighted by Gasteiger charge is 2.15. The van der Waals surface area contributed by atoms with Gasteiger partial charge in [-0.2, -0.15) is 0 Å². The van der Waals surface area contributed by atoms with Crippen molar-refractivity contribution in [3.05, 3.63) is 57.0 Å². The first-order valence-electron chi connectivity index (χ1n) is 6.01. The van der Waals surface area contributed by atoms with E-state index in [0.29, 0.717) is 12.2 Å². The number of nitro groups is 1. The van der Waals surface area contributed by atoms with Gasteiger partial charge in [-0.25, -0.2) is 0 Å². The molecule has 100 valence electrons. The molecule has 1 N–H and O–H groups in total. The summed E-state index contributed by atoms with van der Waals surface area (Å²) in [4.78, 5) is 10.7. The van der Waals surface area contributed by atoms with Gasteiger partial charge in [-0.1, -0.05) is 0 Å². The molecule has 1 heterocycles. The van der Waals surface area contributed by atoms with Gasteiger partial charge in [0.2, 0.25) is 0 Å². The molecule has 0 aliphatic carbocycles. The van der Waals surface area contributed by atoms with Gasteiger partial charge in [-0.05, 0) is 49.6 Å². The van der Waals surface area contributed by atoms with Crippen LogP contribution in [-0.4, -0.2) is 4.92 Å². The predicted molar refractivity (Wildman–Crippen MR) is 73.3 cm³/mol. The molecule has 0 aliphatic heterocycles. The van der Waals surface area contributed by atoms with Crippen LogP contribution in [0.5, 0.6) is 0 Å². The highest BCUT2D eigenvalue weighted by atomic mass is 16.6. The summed E-state index contributed by atoms with van der Waals surface area (Å²) in [6.45, 7) is 6.17. The van der Waals surface area contributed by atoms with Gasteiger partial charge in [0, 0.05) is 6.07 Å². The van der Waals surface area contributed by atoms with Crippen LogP contribution in [0.3, 0.4) is 0 Å². The number of furan rings is 1. The van der Waals surface area contributed by atoms with Crippen LogP contribution in [0.1, 0.15) is 22.5 Å². The Morgan fingerprint density at radius 3 is 2.47 bits per heavy atom. The van der Waals surface area contributed by atoms with Crippen LogP contribution in [0.15, 0.2) is 28.9 Å². The van der Waals surface area contributed by atoms with Crippen molar-refractivity contribution in [2.75, 3.05) is 5.32 Å². The molecule has 0 radical (unpaired) electrons. The summed E-state index contributed by atoms with van der Waals surface area (Å²) in [6, 6.07) is 5.25. The number of nitrogens with zero attached hydrogens (tertiary/aromatic N) is 1. The largest absolute Gasteiger partial charge is 0.467 e. The van der Waals surface area contributed by atoms with Crippen LogP contribution < -0.4 is 5.32 Å². The zero-order chi connectivity index (χ0) is 14.0. The molecule has 0 fully saturated rings. The highest BCUT2D eigenvalue weighted by Crippen LogP contribution is 2.28. The molecule has 0 bridgehead atoms. The van der Waals surface area contributed by atoms with Gasteiger partial charge in [-0.15, -0.1) is 0 Å². The number of benzene rings is 1. The van der Waals surface area contributed by atoms with Crippen LogP contribution in [0.4, 0.5) is 11.4 Å². The monoisotopic (exact) mass is 260 g/mol. The molecule has 1 aromatic heterocycles. The van der Waals surface area contributed by atoms with Gasteiger partial charge in [0.05, 0.1) is 17.7 Å². The lowest BCUT2D eigenvalue weighted by molar-refractivity contribution is -0.384. The maximum absolute atomic E-state index is 11.1. The zero-order valence-corrected chi connectivity index (χ0v) is 11.2. The third-order valence-electron chi connectivity index (χ3n) is 3.22. The summed E-state index contributed by atoms with van der Waals surface area (Å²) in [6.07, 6.45) is 1.61. The molecule has 19 heavy (non-hydrogen) atoms. The van der Waals surface area contributed by atoms with Crippen LogP contribution in [-0.2, 0) is 6.54 Å². The predicted octanol–water partition coefficient (Wildman–Crippen LogP) is 3.73. The van der Waals surface area contributed by atoms with Crippen molar-refractivity contribution in [3.8, 4) is 0 Å². The van der Waals surface area contributed by atoms with E-state index in [0.717, 1.165) is 22.5 Å². The van der Waals surface area contributed by atoms with E-state index < -0.39 is 0 Å². The average molecular weight is 260 g/mol. The molecular formula is C14H16N2O3. The summed E-state index contributed by atoms with van der Waals surface area (Å²) in [5.74, 6) is 0.785. The maximum atomic E-state index is 11.1. The van der Waals surface area contributed by atoms with Crippen LogP contribution in [0.25, 0.3) is 0 Å². The van der Waals surface area contributed by atoms with Crippen molar-refractivity contribution in [3.63, 3.8) is 0 Å². The molecule has 0 saturated heterocycles. The van der Waals surface area contributed by atoms with E-state index in [2.05, 4.69) is 5.32 Å². The number of nitro benzene ring substituents is 1. The Bertz CT molecular complexity index is 617. The third-order valence-corrected chi connectivity index (χ3v) is 3.22. The second-order valence-electron chi connectivity index (χ2n) is 4.59. The number of anilines is 1. The number of hydrogen-bond donors (Lipinski definition) is 1. The molecule has 0 unspecified atom stereocenters. The van der Waals surface area contributed by atoms with Crippen LogP contribution in [0, 0.1) is 30.9 Å². The van der Waals surface area contributed by atoms with E-state index in [1.165, 1.54) is 0 Å². The van der Waals surface area contributed by atoms with E-state index in [1.54, 1.807) is 18.4 Å². The second kappa shape index (κ2) is 5.14. The van der Waals surface area contributed by atoms with Gasteiger partial charge in [0.25, 0.3) is 5.69 Å². The Kier molecular flexibility index (Phi) is 3.55. The van der Waals surface area contributed by atoms with Gasteiger partial charge in [0.15, 0.2) is 0 Å². The fourth-order valence-corrected chi connectivity index (χ4v) is 1.85. The minimum absolute atomic E-state index is 0.0901. The van der Waals surface area contributed by atoms with Crippen molar-refractivity contribution >= 4 is 11.4 Å². The molecule has 0 atom stereocenters. The summed E-state index contributed by atoms with van der Waals surface area (Å²) < 4.78 is 5.31. The Morgan fingerprint density at radius 1 is 1.21 bits per heavy atom. The third kappa shape index (κ3) is 2.76. The lowest BCUT2D eigenvalue weighted by Crippen LogP contribution is -2.04. The van der Waals surface area contributed by atoms with Gasteiger partial charge in [0.1, 0.15) is 11.4 Å². The lowest BCUT2D eigenvalue weighted by Gasteiger charge is -2.09. The Balaban J connectivity index is 2.26. The lowest BCUT2D eigenvalue weighted by atomic mass is 10.1. The smallest absolute Gasteiger partial charge is 0.292 e. The SMILES string of the molecule is Cc1cc(NCc2occc2C)c([N+](=O)[O-])cc1C. The van der Waals surface area contributed by atoms with Crippen LogP contribution >= 0.6 is 0 Å². The number of nitrogens with one attached hydrogen (secondary N) is 1. The first kappa shape index (κ1) is 13.1. The van der Waals surface area contributed by atoms with Crippen molar-refractivity contribution in [1.82, 2.24) is 0 Å². The molecule has 2 aromatic rings. The minimum atomic E-state index is -0.371. The molecule has 5 heteroatoms. The summed E-state index contributed by atoms with van der Waals surface area (Å²) in [5.41, 5.74) is 3.56. The van der Waals surface area contributed by atoms with Crippen molar-refractivity contribution in [2.24, 2.45) is 0 Å². The fraction of sp³-hybridized carbons (Fsp3) is 0.286. The topological polar surface area (TPSA) is 68.3 Å². The summed E-state index contributed by atoms with van der Waals surface area (Å²) >= 11 is 0. The van der Waals surface area contributed by atoms with Gasteiger partial charge < -0.3 is 9.73 Å². The van der Waals surface area contributed by atoms with E-state index in [9.17, 15) is 10.1 Å². The molecule has 0 spiro atoms. The molecule has 1 aromatic carbocycles. The number of rotatable bonds is 4. The molecule has 2 rings (SSSR count). The Hall–Kier alpha value is -2.30. The van der Waals surface area contributed by atoms with Gasteiger partial charge in [-0.3, -0.25) is 10.1 Å². The summed E-state index contributed by atoms with van der Waals surface area (Å²) in [5, 5.41) is 14.1. The fourth-order valence-electron chi connectivity index (χ4n) is 1.85. The van der Waals surface area contributed by atoms with E-state index in [-0.39, 0.29) is 10.6 Å². The van der Waals surface area contributed by atoms with Crippen molar-refractivity contribution < 1.29 is 9.34 Å². The molecule has 5 nitrogen and oxygen atoms in total. The highest BCUT2D eigenvalue weighted by molar-refractivity contribution is 5.64. The number of hydrogen-bond acceptors (Lipinski definition) is 4. The molecule has 0 amide bonds. The van der Waals surface area contributed by atoms with Crippen molar-refractivity contribution in [2.45, 2.75) is 27.3 Å². The van der Waals surface area contributed by atoms with E-state index in [1.807, 2.05) is 26.8 Å². The zero-order valence-electron chi connectivity index (χ0n) is 11.2. The van der Waals surface area contributed by atoms with E-state index >= 15 is 0 Å². The molecule has 0 saturated carbocycles. The van der Waals surface area contributed by atoms with E-state index in [4.69, 9.17) is 4.42 Å². The first-order valence-corrected chi connectivity index (χ1v) is 6.01. The minimum Gasteiger partial charge on any atom is -0.467 e. The average Bonchev–Trinajstić information content (AvgIpc) is 2.75. The number of aryl methyl sites for hydroxylation is 3. The normalized spacial score (nSPS) is 10.5. The van der Waals surface area contributed by atoms with Gasteiger partial charge >= 0.3 is 0 Å².